The zero-order valence-electron chi connectivity index (χ0n) is 10.2. The Morgan fingerprint density at radius 2 is 1.95 bits per heavy atom. The van der Waals surface area contributed by atoms with E-state index in [4.69, 9.17) is 0 Å². The van der Waals surface area contributed by atoms with Crippen molar-refractivity contribution in [2.75, 3.05) is 6.54 Å². The van der Waals surface area contributed by atoms with Gasteiger partial charge in [0.1, 0.15) is 16.6 Å². The third kappa shape index (κ3) is 2.96. The van der Waals surface area contributed by atoms with Crippen molar-refractivity contribution in [2.45, 2.75) is 25.3 Å². The van der Waals surface area contributed by atoms with Crippen LogP contribution < -0.4 is 5.32 Å². The number of rotatable bonds is 5. The van der Waals surface area contributed by atoms with Crippen LogP contribution in [-0.2, 0) is 6.42 Å². The second-order valence-electron chi connectivity index (χ2n) is 4.58. The highest BCUT2D eigenvalue weighted by atomic mass is 32.1. The third-order valence-corrected chi connectivity index (χ3v) is 3.99. The fraction of sp³-hybridized carbons (Fsp3) is 0.385. The Morgan fingerprint density at radius 1 is 1.21 bits per heavy atom. The molecule has 1 aromatic carbocycles. The second kappa shape index (κ2) is 5.30. The second-order valence-corrected chi connectivity index (χ2v) is 5.64. The molecule has 0 aliphatic heterocycles. The van der Waals surface area contributed by atoms with Crippen molar-refractivity contribution in [3.05, 3.63) is 34.8 Å². The van der Waals surface area contributed by atoms with Gasteiger partial charge in [0.2, 0.25) is 0 Å². The molecular formula is C13H13F2N3S. The van der Waals surface area contributed by atoms with E-state index in [2.05, 4.69) is 15.5 Å². The first-order valence-electron chi connectivity index (χ1n) is 6.24. The Morgan fingerprint density at radius 3 is 2.63 bits per heavy atom. The van der Waals surface area contributed by atoms with Crippen molar-refractivity contribution in [3.63, 3.8) is 0 Å². The highest BCUT2D eigenvalue weighted by Crippen LogP contribution is 2.28. The summed E-state index contributed by atoms with van der Waals surface area (Å²) in [6.45, 7) is 0.832. The first-order valence-corrected chi connectivity index (χ1v) is 7.06. The standard InChI is InChI=1S/C13H13F2N3S/c14-9-2-1-3-10(15)12(9)13-18-17-11(19-13)6-7-16-8-4-5-8/h1-3,8,16H,4-7H2. The number of benzene rings is 1. The predicted octanol–water partition coefficient (Wildman–Crippen LogP) is 2.78. The van der Waals surface area contributed by atoms with Gasteiger partial charge in [0.05, 0.1) is 5.56 Å². The molecule has 3 nitrogen and oxygen atoms in total. The molecule has 19 heavy (non-hydrogen) atoms. The summed E-state index contributed by atoms with van der Waals surface area (Å²) < 4.78 is 27.2. The van der Waals surface area contributed by atoms with Gasteiger partial charge in [0, 0.05) is 19.0 Å². The maximum Gasteiger partial charge on any atom is 0.153 e. The van der Waals surface area contributed by atoms with Gasteiger partial charge < -0.3 is 5.32 Å². The monoisotopic (exact) mass is 281 g/mol. The Hall–Kier alpha value is -1.40. The van der Waals surface area contributed by atoms with Gasteiger partial charge in [-0.25, -0.2) is 8.78 Å². The van der Waals surface area contributed by atoms with E-state index >= 15 is 0 Å². The van der Waals surface area contributed by atoms with Gasteiger partial charge in [0.15, 0.2) is 5.01 Å². The molecule has 1 N–H and O–H groups in total. The Bertz CT molecular complexity index is 561. The van der Waals surface area contributed by atoms with E-state index in [9.17, 15) is 8.78 Å². The minimum atomic E-state index is -0.598. The molecule has 2 aromatic rings. The van der Waals surface area contributed by atoms with E-state index < -0.39 is 11.6 Å². The number of halogens is 2. The number of hydrogen-bond acceptors (Lipinski definition) is 4. The largest absolute Gasteiger partial charge is 0.314 e. The van der Waals surface area contributed by atoms with E-state index in [1.807, 2.05) is 0 Å². The summed E-state index contributed by atoms with van der Waals surface area (Å²) in [5.41, 5.74) is -0.0820. The van der Waals surface area contributed by atoms with Crippen molar-refractivity contribution in [2.24, 2.45) is 0 Å². The number of nitrogens with one attached hydrogen (secondary N) is 1. The van der Waals surface area contributed by atoms with Crippen molar-refractivity contribution in [1.29, 1.82) is 0 Å². The SMILES string of the molecule is Fc1cccc(F)c1-c1nnc(CCNC2CC2)s1. The van der Waals surface area contributed by atoms with E-state index in [0.717, 1.165) is 18.0 Å². The lowest BCUT2D eigenvalue weighted by Gasteiger charge is -1.99. The summed E-state index contributed by atoms with van der Waals surface area (Å²) in [5, 5.41) is 12.3. The van der Waals surface area contributed by atoms with Crippen LogP contribution >= 0.6 is 11.3 Å². The first-order chi connectivity index (χ1) is 9.24. The van der Waals surface area contributed by atoms with Crippen LogP contribution in [0.2, 0.25) is 0 Å². The highest BCUT2D eigenvalue weighted by Gasteiger charge is 2.20. The topological polar surface area (TPSA) is 37.8 Å². The predicted molar refractivity (Wildman–Crippen MR) is 70.0 cm³/mol. The molecule has 1 aliphatic rings. The van der Waals surface area contributed by atoms with Crippen LogP contribution in [-0.4, -0.2) is 22.8 Å². The summed E-state index contributed by atoms with van der Waals surface area (Å²) >= 11 is 1.24. The lowest BCUT2D eigenvalue weighted by atomic mass is 10.2. The maximum atomic E-state index is 13.6. The fourth-order valence-corrected chi connectivity index (χ4v) is 2.72. The summed E-state index contributed by atoms with van der Waals surface area (Å²) in [6.07, 6.45) is 3.22. The van der Waals surface area contributed by atoms with Gasteiger partial charge in [-0.15, -0.1) is 10.2 Å². The van der Waals surface area contributed by atoms with Gasteiger partial charge >= 0.3 is 0 Å². The van der Waals surface area contributed by atoms with Crippen LogP contribution in [0.25, 0.3) is 10.6 Å². The Kier molecular flexibility index (Phi) is 3.52. The maximum absolute atomic E-state index is 13.6. The molecule has 0 unspecified atom stereocenters. The van der Waals surface area contributed by atoms with Crippen molar-refractivity contribution in [3.8, 4) is 10.6 Å². The Balaban J connectivity index is 1.72. The molecule has 1 fully saturated rings. The first kappa shape index (κ1) is 12.6. The molecule has 1 saturated carbocycles. The quantitative estimate of drug-likeness (QED) is 0.915. The van der Waals surface area contributed by atoms with Crippen molar-refractivity contribution in [1.82, 2.24) is 15.5 Å². The molecular weight excluding hydrogens is 268 g/mol. The molecule has 100 valence electrons. The van der Waals surface area contributed by atoms with E-state index in [1.165, 1.54) is 42.4 Å². The number of nitrogens with zero attached hydrogens (tertiary/aromatic N) is 2. The minimum Gasteiger partial charge on any atom is -0.314 e. The summed E-state index contributed by atoms with van der Waals surface area (Å²) in [4.78, 5) is 0. The summed E-state index contributed by atoms with van der Waals surface area (Å²) in [6, 6.07) is 4.45. The average molecular weight is 281 g/mol. The van der Waals surface area contributed by atoms with Crippen LogP contribution in [0.1, 0.15) is 17.8 Å². The lowest BCUT2D eigenvalue weighted by Crippen LogP contribution is -2.19. The van der Waals surface area contributed by atoms with E-state index in [-0.39, 0.29) is 5.56 Å². The number of aromatic nitrogens is 2. The smallest absolute Gasteiger partial charge is 0.153 e. The zero-order valence-corrected chi connectivity index (χ0v) is 11.0. The Labute approximate surface area is 113 Å². The molecule has 0 bridgehead atoms. The van der Waals surface area contributed by atoms with Crippen LogP contribution in [0.4, 0.5) is 8.78 Å². The molecule has 0 atom stereocenters. The molecule has 0 saturated heterocycles. The molecule has 0 amide bonds. The van der Waals surface area contributed by atoms with Crippen LogP contribution in [0.15, 0.2) is 18.2 Å². The highest BCUT2D eigenvalue weighted by molar-refractivity contribution is 7.14. The molecule has 0 radical (unpaired) electrons. The van der Waals surface area contributed by atoms with Gasteiger partial charge in [-0.2, -0.15) is 0 Å². The normalized spacial score (nSPS) is 14.8. The molecule has 6 heteroatoms. The summed E-state index contributed by atoms with van der Waals surface area (Å²) in [7, 11) is 0. The van der Waals surface area contributed by atoms with Crippen molar-refractivity contribution < 1.29 is 8.78 Å². The van der Waals surface area contributed by atoms with E-state index in [0.29, 0.717) is 11.0 Å². The lowest BCUT2D eigenvalue weighted by molar-refractivity contribution is 0.589. The van der Waals surface area contributed by atoms with Gasteiger partial charge in [-0.05, 0) is 25.0 Å². The molecule has 3 rings (SSSR count). The molecule has 1 aliphatic carbocycles. The average Bonchev–Trinajstić information content (AvgIpc) is 3.08. The van der Waals surface area contributed by atoms with Crippen LogP contribution in [0, 0.1) is 11.6 Å². The molecule has 1 heterocycles. The zero-order chi connectivity index (χ0) is 13.2. The van der Waals surface area contributed by atoms with Gasteiger partial charge in [-0.3, -0.25) is 0 Å². The third-order valence-electron chi connectivity index (χ3n) is 2.99. The van der Waals surface area contributed by atoms with E-state index in [1.54, 1.807) is 0 Å². The van der Waals surface area contributed by atoms with Crippen molar-refractivity contribution >= 4 is 11.3 Å². The van der Waals surface area contributed by atoms with Crippen LogP contribution in [0.5, 0.6) is 0 Å². The molecule has 1 aromatic heterocycles. The minimum absolute atomic E-state index is 0.0820. The number of hydrogen-bond donors (Lipinski definition) is 1. The van der Waals surface area contributed by atoms with Gasteiger partial charge in [0.25, 0.3) is 0 Å². The molecule has 0 spiro atoms. The van der Waals surface area contributed by atoms with Gasteiger partial charge in [-0.1, -0.05) is 17.4 Å². The van der Waals surface area contributed by atoms with Crippen LogP contribution in [0.3, 0.4) is 0 Å². The summed E-state index contributed by atoms with van der Waals surface area (Å²) in [5.74, 6) is -1.20. The fourth-order valence-electron chi connectivity index (χ4n) is 1.83.